The molecule has 366 valence electrons. The zero-order chi connectivity index (χ0) is 49.6. The van der Waals surface area contributed by atoms with Crippen LogP contribution in [-0.4, -0.2) is 96.8 Å². The number of methoxy groups -OCH3 is 2. The van der Waals surface area contributed by atoms with Crippen LogP contribution < -0.4 is 20.7 Å². The van der Waals surface area contributed by atoms with Crippen molar-refractivity contribution in [2.45, 2.75) is 104 Å². The zero-order valence-corrected chi connectivity index (χ0v) is 41.1. The first-order valence-electron chi connectivity index (χ1n) is 22.3. The molecule has 0 spiro atoms. The van der Waals surface area contributed by atoms with Gasteiger partial charge in [-0.25, -0.2) is 18.8 Å². The van der Waals surface area contributed by atoms with Crippen molar-refractivity contribution in [2.75, 3.05) is 40.6 Å². The molecule has 5 rings (SSSR count). The highest BCUT2D eigenvalue weighted by Crippen LogP contribution is 2.51. The van der Waals surface area contributed by atoms with Gasteiger partial charge in [-0.15, -0.1) is 0 Å². The smallest absolute Gasteiger partial charge is 0.335 e. The van der Waals surface area contributed by atoms with Crippen molar-refractivity contribution >= 4 is 20.5 Å². The molecular weight excluding hydrogens is 896 g/mol. The fourth-order valence-corrected chi connectivity index (χ4v) is 9.36. The van der Waals surface area contributed by atoms with E-state index < -0.39 is 80.6 Å². The van der Waals surface area contributed by atoms with Crippen molar-refractivity contribution in [2.24, 2.45) is 5.41 Å². The molecule has 17 nitrogen and oxygen atoms in total. The SMILES string of the molecule is C=CCOC(=O)CO[C@@H]1[C@H](OP(OCCC#N)N(C(C)C)C(C)C)[C@@H](COC(c2ccccc2)(c2ccc(OC)cc2)c2ccc(OC)cc2)O[C@H]1n1ccc(=O)n(COC(=O)C(C)(C)C)c1=O. The van der Waals surface area contributed by atoms with Crippen LogP contribution in [0.3, 0.4) is 0 Å². The highest BCUT2D eigenvalue weighted by Gasteiger charge is 2.52. The van der Waals surface area contributed by atoms with E-state index in [9.17, 15) is 24.4 Å². The van der Waals surface area contributed by atoms with Gasteiger partial charge in [0, 0.05) is 24.3 Å². The summed E-state index contributed by atoms with van der Waals surface area (Å²) in [6.07, 6.45) is -2.24. The number of hydrogen-bond acceptors (Lipinski definition) is 15. The third-order valence-corrected chi connectivity index (χ3v) is 13.0. The maximum atomic E-state index is 14.5. The van der Waals surface area contributed by atoms with Gasteiger partial charge >= 0.3 is 17.6 Å². The van der Waals surface area contributed by atoms with Gasteiger partial charge in [-0.1, -0.05) is 67.3 Å². The molecular formula is C50H63N4O13P. The van der Waals surface area contributed by atoms with Gasteiger partial charge in [-0.05, 0) is 89.4 Å². The molecule has 1 saturated heterocycles. The molecule has 1 aromatic heterocycles. The molecule has 5 atom stereocenters. The Labute approximate surface area is 399 Å². The number of carbonyl (C=O) groups is 2. The second-order valence-corrected chi connectivity index (χ2v) is 18.7. The minimum atomic E-state index is -2.02. The summed E-state index contributed by atoms with van der Waals surface area (Å²) in [5.41, 5.74) is -1.71. The molecule has 3 aromatic carbocycles. The Hall–Kier alpha value is -5.70. The van der Waals surface area contributed by atoms with Gasteiger partial charge in [0.25, 0.3) is 14.1 Å². The third-order valence-electron chi connectivity index (χ3n) is 10.9. The molecule has 0 bridgehead atoms. The summed E-state index contributed by atoms with van der Waals surface area (Å²) in [7, 11) is 1.15. The highest BCUT2D eigenvalue weighted by atomic mass is 31.2. The van der Waals surface area contributed by atoms with Crippen LogP contribution in [0.25, 0.3) is 0 Å². The second-order valence-electron chi connectivity index (χ2n) is 17.3. The van der Waals surface area contributed by atoms with Gasteiger partial charge in [0.1, 0.15) is 48.6 Å². The van der Waals surface area contributed by atoms with Crippen molar-refractivity contribution < 1.29 is 51.8 Å². The first-order chi connectivity index (χ1) is 32.5. The van der Waals surface area contributed by atoms with Crippen LogP contribution in [0.15, 0.2) is 113 Å². The van der Waals surface area contributed by atoms with Gasteiger partial charge in [-0.2, -0.15) is 5.26 Å². The first kappa shape index (κ1) is 53.3. The summed E-state index contributed by atoms with van der Waals surface area (Å²) in [6.45, 7) is 14.9. The number of benzene rings is 3. The van der Waals surface area contributed by atoms with Crippen LogP contribution in [0.5, 0.6) is 11.5 Å². The van der Waals surface area contributed by atoms with Gasteiger partial charge < -0.3 is 42.2 Å². The van der Waals surface area contributed by atoms with Crippen molar-refractivity contribution in [3.05, 3.63) is 141 Å². The van der Waals surface area contributed by atoms with Gasteiger partial charge in [0.2, 0.25) is 0 Å². The Kier molecular flexibility index (Phi) is 19.2. The van der Waals surface area contributed by atoms with Crippen molar-refractivity contribution in [1.29, 1.82) is 5.26 Å². The van der Waals surface area contributed by atoms with Crippen LogP contribution in [0.4, 0.5) is 0 Å². The molecule has 2 heterocycles. The summed E-state index contributed by atoms with van der Waals surface area (Å²) < 4.78 is 59.8. The monoisotopic (exact) mass is 958 g/mol. The minimum absolute atomic E-state index is 0.0273. The van der Waals surface area contributed by atoms with Gasteiger partial charge in [0.15, 0.2) is 13.0 Å². The third kappa shape index (κ3) is 12.9. The average molecular weight is 959 g/mol. The van der Waals surface area contributed by atoms with Crippen LogP contribution in [-0.2, 0) is 54.7 Å². The number of aromatic nitrogens is 2. The molecule has 18 heteroatoms. The Morgan fingerprint density at radius 2 is 1.46 bits per heavy atom. The summed E-state index contributed by atoms with van der Waals surface area (Å²) in [6, 6.07) is 27.6. The van der Waals surface area contributed by atoms with Crippen molar-refractivity contribution in [3.63, 3.8) is 0 Å². The Balaban J connectivity index is 1.73. The Bertz CT molecular complexity index is 2370. The lowest BCUT2D eigenvalue weighted by Gasteiger charge is -2.39. The van der Waals surface area contributed by atoms with E-state index in [1.165, 1.54) is 12.3 Å². The Morgan fingerprint density at radius 1 is 0.868 bits per heavy atom. The van der Waals surface area contributed by atoms with E-state index in [0.29, 0.717) is 11.5 Å². The summed E-state index contributed by atoms with van der Waals surface area (Å²) in [5.74, 6) is -0.135. The second kappa shape index (κ2) is 24.5. The molecule has 0 amide bonds. The van der Waals surface area contributed by atoms with Crippen molar-refractivity contribution in [3.8, 4) is 17.6 Å². The lowest BCUT2D eigenvalue weighted by molar-refractivity contribution is -0.157. The van der Waals surface area contributed by atoms with E-state index in [1.807, 2.05) is 111 Å². The summed E-state index contributed by atoms with van der Waals surface area (Å²) in [5, 5.41) is 9.53. The number of nitriles is 1. The average Bonchev–Trinajstić information content (AvgIpc) is 3.66. The summed E-state index contributed by atoms with van der Waals surface area (Å²) in [4.78, 5) is 53.7. The molecule has 1 aliphatic heterocycles. The fourth-order valence-electron chi connectivity index (χ4n) is 7.59. The zero-order valence-electron chi connectivity index (χ0n) is 40.2. The van der Waals surface area contributed by atoms with E-state index in [1.54, 1.807) is 35.0 Å². The standard InChI is InChI=1S/C50H63N4O13P/c1-11-29-61-43(56)32-62-45-44(67-68(65-30-15-27-51)54(34(2)3)35(4)5)41(66-46(45)52-28-26-42(55)53(48(52)58)33-63-47(57)49(6,7)8)31-64-50(36-16-13-12-14-17-36,37-18-22-39(59-9)23-19-37)38-20-24-40(60-10)25-21-38/h11-14,16-26,28,34-35,41,44-46H,1,15,29-33H2,2-10H3/t41-,44-,45-,46-,68?/m1/s1. The van der Waals surface area contributed by atoms with E-state index in [-0.39, 0.29) is 38.3 Å². The Morgan fingerprint density at radius 3 is 1.99 bits per heavy atom. The molecule has 0 radical (unpaired) electrons. The van der Waals surface area contributed by atoms with Gasteiger partial charge in [0.05, 0.1) is 45.3 Å². The predicted octanol–water partition coefficient (Wildman–Crippen LogP) is 7.26. The van der Waals surface area contributed by atoms with E-state index in [2.05, 4.69) is 12.6 Å². The lowest BCUT2D eigenvalue weighted by atomic mass is 9.80. The van der Waals surface area contributed by atoms with Crippen LogP contribution in [0.2, 0.25) is 0 Å². The molecule has 0 aliphatic carbocycles. The lowest BCUT2D eigenvalue weighted by Crippen LogP contribution is -2.46. The number of rotatable bonds is 24. The molecule has 0 N–H and O–H groups in total. The van der Waals surface area contributed by atoms with Crippen LogP contribution in [0, 0.1) is 16.7 Å². The quantitative estimate of drug-likeness (QED) is 0.0224. The maximum absolute atomic E-state index is 14.5. The number of carbonyl (C=O) groups excluding carboxylic acids is 2. The van der Waals surface area contributed by atoms with Crippen LogP contribution >= 0.6 is 8.53 Å². The predicted molar refractivity (Wildman–Crippen MR) is 254 cm³/mol. The number of ether oxygens (including phenoxy) is 7. The fraction of sp³-hybridized carbons (Fsp3) is 0.460. The molecule has 4 aromatic rings. The molecule has 1 unspecified atom stereocenters. The topological polar surface area (TPSA) is 188 Å². The van der Waals surface area contributed by atoms with E-state index >= 15 is 0 Å². The molecule has 0 saturated carbocycles. The molecule has 1 aliphatic rings. The molecule has 68 heavy (non-hydrogen) atoms. The molecule has 1 fully saturated rings. The van der Waals surface area contributed by atoms with Gasteiger partial charge in [-0.3, -0.25) is 14.2 Å². The number of hydrogen-bond donors (Lipinski definition) is 0. The normalized spacial score (nSPS) is 17.8. The number of nitrogens with zero attached hydrogens (tertiary/aromatic N) is 4. The van der Waals surface area contributed by atoms with E-state index in [4.69, 9.17) is 42.2 Å². The first-order valence-corrected chi connectivity index (χ1v) is 23.4. The minimum Gasteiger partial charge on any atom is -0.497 e. The largest absolute Gasteiger partial charge is 0.497 e. The van der Waals surface area contributed by atoms with Crippen molar-refractivity contribution in [1.82, 2.24) is 13.8 Å². The summed E-state index contributed by atoms with van der Waals surface area (Å²) >= 11 is 0. The highest BCUT2D eigenvalue weighted by molar-refractivity contribution is 7.44. The maximum Gasteiger partial charge on any atom is 0.335 e. The van der Waals surface area contributed by atoms with Crippen LogP contribution in [0.1, 0.15) is 77.8 Å². The number of esters is 2. The van der Waals surface area contributed by atoms with E-state index in [0.717, 1.165) is 31.9 Å².